The first-order valence-corrected chi connectivity index (χ1v) is 8.88. The molecule has 1 amide bonds. The number of nitrogens with zero attached hydrogens (tertiary/aromatic N) is 2. The summed E-state index contributed by atoms with van der Waals surface area (Å²) >= 11 is 6.07. The number of aromatic amines is 1. The van der Waals surface area contributed by atoms with E-state index in [2.05, 4.69) is 15.3 Å². The number of amides is 1. The van der Waals surface area contributed by atoms with E-state index in [-0.39, 0.29) is 5.91 Å². The fraction of sp³-hybridized carbons (Fsp3) is 0.263. The molecule has 1 aliphatic heterocycles. The van der Waals surface area contributed by atoms with Crippen LogP contribution in [0, 0.1) is 6.92 Å². The van der Waals surface area contributed by atoms with Gasteiger partial charge < -0.3 is 19.9 Å². The van der Waals surface area contributed by atoms with Crippen LogP contribution in [0.25, 0.3) is 10.9 Å². The molecule has 0 bridgehead atoms. The monoisotopic (exact) mass is 370 g/mol. The molecule has 0 atom stereocenters. The van der Waals surface area contributed by atoms with Crippen molar-refractivity contribution >= 4 is 39.9 Å². The van der Waals surface area contributed by atoms with Crippen molar-refractivity contribution in [1.29, 1.82) is 0 Å². The second-order valence-corrected chi connectivity index (χ2v) is 6.66. The lowest BCUT2D eigenvalue weighted by Gasteiger charge is -2.27. The third kappa shape index (κ3) is 3.13. The number of H-pyrrole nitrogens is 1. The highest BCUT2D eigenvalue weighted by atomic mass is 35.5. The summed E-state index contributed by atoms with van der Waals surface area (Å²) in [7, 11) is 0. The predicted molar refractivity (Wildman–Crippen MR) is 102 cm³/mol. The van der Waals surface area contributed by atoms with Crippen LogP contribution in [0.1, 0.15) is 16.1 Å². The summed E-state index contributed by atoms with van der Waals surface area (Å²) in [6.45, 7) is 4.20. The molecule has 1 aromatic carbocycles. The van der Waals surface area contributed by atoms with E-state index in [0.29, 0.717) is 48.4 Å². The second kappa shape index (κ2) is 6.97. The molecule has 134 valence electrons. The maximum Gasteiger partial charge on any atom is 0.258 e. The summed E-state index contributed by atoms with van der Waals surface area (Å²) in [5.41, 5.74) is 2.93. The molecule has 3 heterocycles. The Kier molecular flexibility index (Phi) is 4.53. The standard InChI is InChI=1S/C19H19ClN4O2/c1-12-16(19(25)24-7-9-26-10-8-24)17-15(5-6-21-17)18(22-12)23-14-4-2-3-13(20)11-14/h2-6,11,21H,7-10H2,1H3,(H,22,23). The molecule has 3 aromatic rings. The van der Waals surface area contributed by atoms with Gasteiger partial charge in [-0.25, -0.2) is 4.98 Å². The van der Waals surface area contributed by atoms with Gasteiger partial charge in [-0.15, -0.1) is 0 Å². The number of nitrogens with one attached hydrogen (secondary N) is 2. The van der Waals surface area contributed by atoms with E-state index < -0.39 is 0 Å². The van der Waals surface area contributed by atoms with Crippen LogP contribution in [0.4, 0.5) is 11.5 Å². The van der Waals surface area contributed by atoms with Gasteiger partial charge in [0.15, 0.2) is 0 Å². The maximum absolute atomic E-state index is 13.0. The van der Waals surface area contributed by atoms with Gasteiger partial charge in [0.1, 0.15) is 5.82 Å². The van der Waals surface area contributed by atoms with Gasteiger partial charge in [-0.2, -0.15) is 0 Å². The summed E-state index contributed by atoms with van der Waals surface area (Å²) in [6.07, 6.45) is 1.82. The Balaban J connectivity index is 1.74. The Bertz CT molecular complexity index is 963. The number of rotatable bonds is 3. The number of pyridine rings is 1. The molecule has 1 fully saturated rings. The van der Waals surface area contributed by atoms with E-state index in [1.165, 1.54) is 0 Å². The van der Waals surface area contributed by atoms with Crippen molar-refractivity contribution in [2.45, 2.75) is 6.92 Å². The number of hydrogen-bond donors (Lipinski definition) is 2. The molecule has 26 heavy (non-hydrogen) atoms. The van der Waals surface area contributed by atoms with Crippen molar-refractivity contribution in [2.75, 3.05) is 31.6 Å². The average molecular weight is 371 g/mol. The zero-order chi connectivity index (χ0) is 18.1. The van der Waals surface area contributed by atoms with Gasteiger partial charge in [-0.1, -0.05) is 17.7 Å². The summed E-state index contributed by atoms with van der Waals surface area (Å²) in [4.78, 5) is 22.7. The molecule has 4 rings (SSSR count). The van der Waals surface area contributed by atoms with Gasteiger partial charge in [0.05, 0.1) is 30.0 Å². The molecule has 7 heteroatoms. The highest BCUT2D eigenvalue weighted by Gasteiger charge is 2.24. The van der Waals surface area contributed by atoms with Crippen molar-refractivity contribution in [1.82, 2.24) is 14.9 Å². The van der Waals surface area contributed by atoms with Crippen LogP contribution in [0.3, 0.4) is 0 Å². The molecule has 0 saturated carbocycles. The molecule has 2 aromatic heterocycles. The van der Waals surface area contributed by atoms with Crippen molar-refractivity contribution in [3.63, 3.8) is 0 Å². The Morgan fingerprint density at radius 1 is 1.31 bits per heavy atom. The fourth-order valence-corrected chi connectivity index (χ4v) is 3.41. The highest BCUT2D eigenvalue weighted by molar-refractivity contribution is 6.30. The van der Waals surface area contributed by atoms with Crippen LogP contribution in [0.15, 0.2) is 36.5 Å². The maximum atomic E-state index is 13.0. The molecule has 1 saturated heterocycles. The molecule has 0 aliphatic carbocycles. The number of halogens is 1. The third-order valence-electron chi connectivity index (χ3n) is 4.49. The van der Waals surface area contributed by atoms with E-state index >= 15 is 0 Å². The molecule has 0 spiro atoms. The minimum Gasteiger partial charge on any atom is -0.378 e. The van der Waals surface area contributed by atoms with Gasteiger partial charge in [-0.05, 0) is 31.2 Å². The largest absolute Gasteiger partial charge is 0.378 e. The van der Waals surface area contributed by atoms with Gasteiger partial charge in [0, 0.05) is 35.4 Å². The Labute approximate surface area is 156 Å². The Morgan fingerprint density at radius 2 is 2.12 bits per heavy atom. The lowest BCUT2D eigenvalue weighted by Crippen LogP contribution is -2.41. The average Bonchev–Trinajstić information content (AvgIpc) is 3.12. The minimum absolute atomic E-state index is 0.0138. The number of fused-ring (bicyclic) bond motifs is 1. The molecule has 0 unspecified atom stereocenters. The summed E-state index contributed by atoms with van der Waals surface area (Å²) in [6, 6.07) is 9.38. The number of carbonyl (C=O) groups excluding carboxylic acids is 1. The smallest absolute Gasteiger partial charge is 0.258 e. The topological polar surface area (TPSA) is 70.2 Å². The Morgan fingerprint density at radius 3 is 2.88 bits per heavy atom. The van der Waals surface area contributed by atoms with Crippen LogP contribution in [-0.2, 0) is 4.74 Å². The number of ether oxygens (including phenoxy) is 1. The quantitative estimate of drug-likeness (QED) is 0.736. The highest BCUT2D eigenvalue weighted by Crippen LogP contribution is 2.30. The molecular formula is C19H19ClN4O2. The first-order chi connectivity index (χ1) is 12.6. The van der Waals surface area contributed by atoms with Gasteiger partial charge in [-0.3, -0.25) is 4.79 Å². The zero-order valence-corrected chi connectivity index (χ0v) is 15.1. The van der Waals surface area contributed by atoms with Crippen molar-refractivity contribution in [3.8, 4) is 0 Å². The summed E-state index contributed by atoms with van der Waals surface area (Å²) in [5, 5.41) is 4.82. The third-order valence-corrected chi connectivity index (χ3v) is 4.73. The van der Waals surface area contributed by atoms with Crippen LogP contribution in [0.5, 0.6) is 0 Å². The fourth-order valence-electron chi connectivity index (χ4n) is 3.22. The van der Waals surface area contributed by atoms with Crippen molar-refractivity contribution < 1.29 is 9.53 Å². The molecular weight excluding hydrogens is 352 g/mol. The molecule has 6 nitrogen and oxygen atoms in total. The number of anilines is 2. The van der Waals surface area contributed by atoms with Gasteiger partial charge >= 0.3 is 0 Å². The van der Waals surface area contributed by atoms with Crippen LogP contribution < -0.4 is 5.32 Å². The van der Waals surface area contributed by atoms with Gasteiger partial charge in [0.2, 0.25) is 0 Å². The number of benzene rings is 1. The molecule has 2 N–H and O–H groups in total. The van der Waals surface area contributed by atoms with Crippen molar-refractivity contribution in [2.24, 2.45) is 0 Å². The van der Waals surface area contributed by atoms with Crippen LogP contribution in [-0.4, -0.2) is 47.1 Å². The lowest BCUT2D eigenvalue weighted by molar-refractivity contribution is 0.0303. The first-order valence-electron chi connectivity index (χ1n) is 8.51. The number of aromatic nitrogens is 2. The summed E-state index contributed by atoms with van der Waals surface area (Å²) < 4.78 is 5.35. The number of aryl methyl sites for hydroxylation is 1. The van der Waals surface area contributed by atoms with E-state index in [4.69, 9.17) is 16.3 Å². The van der Waals surface area contributed by atoms with E-state index in [9.17, 15) is 4.79 Å². The van der Waals surface area contributed by atoms with Crippen LogP contribution >= 0.6 is 11.6 Å². The first kappa shape index (κ1) is 16.9. The zero-order valence-electron chi connectivity index (χ0n) is 14.4. The minimum atomic E-state index is -0.0138. The van der Waals surface area contributed by atoms with E-state index in [0.717, 1.165) is 16.6 Å². The number of morpholine rings is 1. The van der Waals surface area contributed by atoms with E-state index in [1.54, 1.807) is 0 Å². The lowest BCUT2D eigenvalue weighted by atomic mass is 10.1. The van der Waals surface area contributed by atoms with Crippen LogP contribution in [0.2, 0.25) is 5.02 Å². The second-order valence-electron chi connectivity index (χ2n) is 6.23. The Hall–Kier alpha value is -2.57. The number of hydrogen-bond acceptors (Lipinski definition) is 4. The van der Waals surface area contributed by atoms with E-state index in [1.807, 2.05) is 48.4 Å². The normalized spacial score (nSPS) is 14.6. The predicted octanol–water partition coefficient (Wildman–Crippen LogP) is 3.74. The molecule has 0 radical (unpaired) electrons. The summed E-state index contributed by atoms with van der Waals surface area (Å²) in [5.74, 6) is 0.680. The molecule has 1 aliphatic rings. The number of carbonyl (C=O) groups is 1. The SMILES string of the molecule is Cc1nc(Nc2cccc(Cl)c2)c2cc[nH]c2c1C(=O)N1CCOCC1. The van der Waals surface area contributed by atoms with Gasteiger partial charge in [0.25, 0.3) is 5.91 Å². The van der Waals surface area contributed by atoms with Crippen molar-refractivity contribution in [3.05, 3.63) is 52.8 Å².